The normalized spacial score (nSPS) is 23.4. The number of nitrogens with one attached hydrogen (secondary N) is 1. The Hall–Kier alpha value is -0.820. The third-order valence-electron chi connectivity index (χ3n) is 4.02. The smallest absolute Gasteiger partial charge is 0.0326 e. The molecule has 0 aliphatic heterocycles. The molecule has 1 nitrogen and oxygen atoms in total. The molecule has 1 aromatic carbocycles. The molecule has 0 aromatic heterocycles. The molecule has 0 amide bonds. The van der Waals surface area contributed by atoms with E-state index >= 15 is 0 Å². The molecule has 1 saturated carbocycles. The predicted octanol–water partition coefficient (Wildman–Crippen LogP) is 3.37. The van der Waals surface area contributed by atoms with E-state index in [1.807, 2.05) is 0 Å². The van der Waals surface area contributed by atoms with E-state index in [1.54, 1.807) is 11.1 Å². The Bertz CT molecular complexity index is 379. The van der Waals surface area contributed by atoms with E-state index in [1.165, 1.54) is 44.2 Å². The second-order valence-electron chi connectivity index (χ2n) is 5.48. The Morgan fingerprint density at radius 3 is 2.94 bits per heavy atom. The lowest BCUT2D eigenvalue weighted by Gasteiger charge is -2.14. The number of benzene rings is 1. The molecular weight excluding hydrogens is 194 g/mol. The molecule has 0 bridgehead atoms. The molecule has 1 unspecified atom stereocenters. The average Bonchev–Trinajstić information content (AvgIpc) is 3.01. The quantitative estimate of drug-likeness (QED) is 0.812. The monoisotopic (exact) mass is 215 g/mol. The first-order valence-electron chi connectivity index (χ1n) is 6.66. The van der Waals surface area contributed by atoms with Crippen LogP contribution >= 0.6 is 0 Å². The van der Waals surface area contributed by atoms with Crippen LogP contribution in [-0.2, 0) is 6.42 Å². The van der Waals surface area contributed by atoms with Crippen molar-refractivity contribution in [2.45, 2.75) is 45.1 Å². The fraction of sp³-hybridized carbons (Fsp3) is 0.600. The molecule has 16 heavy (non-hydrogen) atoms. The summed E-state index contributed by atoms with van der Waals surface area (Å²) in [6.07, 6.45) is 6.89. The standard InChI is InChI=1S/C15H21N/c1-11-2-5-13-6-7-15(14(13)10-11)16-9-8-12-3-4-12/h2,5,10,12,15-16H,3-4,6-9H2,1H3. The molecule has 3 rings (SSSR count). The van der Waals surface area contributed by atoms with Crippen molar-refractivity contribution in [1.29, 1.82) is 0 Å². The first kappa shape index (κ1) is 10.3. The maximum atomic E-state index is 3.74. The predicted molar refractivity (Wildman–Crippen MR) is 67.6 cm³/mol. The van der Waals surface area contributed by atoms with Crippen molar-refractivity contribution in [3.8, 4) is 0 Å². The summed E-state index contributed by atoms with van der Waals surface area (Å²) in [6, 6.07) is 7.56. The number of hydrogen-bond donors (Lipinski definition) is 1. The van der Waals surface area contributed by atoms with Crippen molar-refractivity contribution in [3.05, 3.63) is 34.9 Å². The largest absolute Gasteiger partial charge is 0.310 e. The highest BCUT2D eigenvalue weighted by Gasteiger charge is 2.24. The first-order chi connectivity index (χ1) is 7.83. The van der Waals surface area contributed by atoms with Crippen LogP contribution < -0.4 is 5.32 Å². The summed E-state index contributed by atoms with van der Waals surface area (Å²) in [7, 11) is 0. The SMILES string of the molecule is Cc1ccc2c(c1)C(NCCC1CC1)CC2. The van der Waals surface area contributed by atoms with E-state index < -0.39 is 0 Å². The molecule has 1 atom stereocenters. The van der Waals surface area contributed by atoms with Crippen LogP contribution in [0, 0.1) is 12.8 Å². The highest BCUT2D eigenvalue weighted by atomic mass is 14.9. The van der Waals surface area contributed by atoms with Crippen molar-refractivity contribution < 1.29 is 0 Å². The van der Waals surface area contributed by atoms with Crippen molar-refractivity contribution in [1.82, 2.24) is 5.32 Å². The van der Waals surface area contributed by atoms with Gasteiger partial charge in [0.05, 0.1) is 0 Å². The van der Waals surface area contributed by atoms with Gasteiger partial charge in [-0.05, 0) is 49.8 Å². The molecule has 0 spiro atoms. The molecule has 1 heteroatoms. The van der Waals surface area contributed by atoms with Gasteiger partial charge in [0.2, 0.25) is 0 Å². The Kier molecular flexibility index (Phi) is 2.72. The van der Waals surface area contributed by atoms with Crippen molar-refractivity contribution >= 4 is 0 Å². The molecule has 86 valence electrons. The van der Waals surface area contributed by atoms with Crippen LogP contribution in [0.1, 0.15) is 48.4 Å². The molecule has 1 aromatic rings. The Labute approximate surface area is 98.3 Å². The van der Waals surface area contributed by atoms with Crippen LogP contribution in [0.2, 0.25) is 0 Å². The molecule has 0 saturated heterocycles. The maximum absolute atomic E-state index is 3.74. The van der Waals surface area contributed by atoms with Crippen LogP contribution in [-0.4, -0.2) is 6.54 Å². The van der Waals surface area contributed by atoms with Gasteiger partial charge in [0.1, 0.15) is 0 Å². The van der Waals surface area contributed by atoms with E-state index in [9.17, 15) is 0 Å². The van der Waals surface area contributed by atoms with Crippen molar-refractivity contribution in [2.75, 3.05) is 6.54 Å². The van der Waals surface area contributed by atoms with Crippen LogP contribution in [0.4, 0.5) is 0 Å². The molecule has 2 aliphatic carbocycles. The Morgan fingerprint density at radius 1 is 1.25 bits per heavy atom. The number of hydrogen-bond acceptors (Lipinski definition) is 1. The summed E-state index contributed by atoms with van der Waals surface area (Å²) in [4.78, 5) is 0. The summed E-state index contributed by atoms with van der Waals surface area (Å²) >= 11 is 0. The van der Waals surface area contributed by atoms with E-state index in [4.69, 9.17) is 0 Å². The summed E-state index contributed by atoms with van der Waals surface area (Å²) in [5, 5.41) is 3.74. The van der Waals surface area contributed by atoms with Gasteiger partial charge in [0.15, 0.2) is 0 Å². The highest BCUT2D eigenvalue weighted by molar-refractivity contribution is 5.37. The highest BCUT2D eigenvalue weighted by Crippen LogP contribution is 2.34. The van der Waals surface area contributed by atoms with Crippen molar-refractivity contribution in [2.24, 2.45) is 5.92 Å². The second kappa shape index (κ2) is 4.21. The van der Waals surface area contributed by atoms with Crippen LogP contribution in [0.15, 0.2) is 18.2 Å². The third kappa shape index (κ3) is 2.15. The summed E-state index contributed by atoms with van der Waals surface area (Å²) in [5.41, 5.74) is 4.53. The molecule has 1 fully saturated rings. The van der Waals surface area contributed by atoms with Gasteiger partial charge < -0.3 is 5.32 Å². The lowest BCUT2D eigenvalue weighted by Crippen LogP contribution is -2.20. The average molecular weight is 215 g/mol. The Balaban J connectivity index is 1.62. The second-order valence-corrected chi connectivity index (χ2v) is 5.48. The fourth-order valence-corrected chi connectivity index (χ4v) is 2.80. The maximum Gasteiger partial charge on any atom is 0.0326 e. The minimum atomic E-state index is 0.633. The molecule has 0 heterocycles. The van der Waals surface area contributed by atoms with Crippen LogP contribution in [0.5, 0.6) is 0 Å². The zero-order chi connectivity index (χ0) is 11.0. The molecule has 0 radical (unpaired) electrons. The van der Waals surface area contributed by atoms with E-state index in [-0.39, 0.29) is 0 Å². The van der Waals surface area contributed by atoms with Gasteiger partial charge in [-0.25, -0.2) is 0 Å². The van der Waals surface area contributed by atoms with Crippen LogP contribution in [0.25, 0.3) is 0 Å². The van der Waals surface area contributed by atoms with Crippen molar-refractivity contribution in [3.63, 3.8) is 0 Å². The third-order valence-corrected chi connectivity index (χ3v) is 4.02. The molecule has 1 N–H and O–H groups in total. The van der Waals surface area contributed by atoms with Gasteiger partial charge in [-0.1, -0.05) is 36.6 Å². The topological polar surface area (TPSA) is 12.0 Å². The zero-order valence-corrected chi connectivity index (χ0v) is 10.1. The minimum absolute atomic E-state index is 0.633. The van der Waals surface area contributed by atoms with Gasteiger partial charge in [0.25, 0.3) is 0 Å². The molecular formula is C15H21N. The fourth-order valence-electron chi connectivity index (χ4n) is 2.80. The molecule has 2 aliphatic rings. The number of aryl methyl sites for hydroxylation is 2. The lowest BCUT2D eigenvalue weighted by atomic mass is 10.0. The zero-order valence-electron chi connectivity index (χ0n) is 10.1. The Morgan fingerprint density at radius 2 is 2.12 bits per heavy atom. The van der Waals surface area contributed by atoms with Gasteiger partial charge in [0, 0.05) is 6.04 Å². The first-order valence-corrected chi connectivity index (χ1v) is 6.66. The van der Waals surface area contributed by atoms with Gasteiger partial charge in [-0.3, -0.25) is 0 Å². The summed E-state index contributed by atoms with van der Waals surface area (Å²) < 4.78 is 0. The van der Waals surface area contributed by atoms with E-state index in [0.717, 1.165) is 5.92 Å². The number of rotatable bonds is 4. The lowest BCUT2D eigenvalue weighted by molar-refractivity contribution is 0.507. The van der Waals surface area contributed by atoms with E-state index in [0.29, 0.717) is 6.04 Å². The minimum Gasteiger partial charge on any atom is -0.310 e. The number of fused-ring (bicyclic) bond motifs is 1. The van der Waals surface area contributed by atoms with Gasteiger partial charge in [-0.2, -0.15) is 0 Å². The van der Waals surface area contributed by atoms with E-state index in [2.05, 4.69) is 30.4 Å². The summed E-state index contributed by atoms with van der Waals surface area (Å²) in [6.45, 7) is 3.41. The summed E-state index contributed by atoms with van der Waals surface area (Å²) in [5.74, 6) is 1.05. The van der Waals surface area contributed by atoms with Gasteiger partial charge >= 0.3 is 0 Å². The van der Waals surface area contributed by atoms with Crippen LogP contribution in [0.3, 0.4) is 0 Å². The van der Waals surface area contributed by atoms with Gasteiger partial charge in [-0.15, -0.1) is 0 Å².